The van der Waals surface area contributed by atoms with Gasteiger partial charge in [-0.25, -0.2) is 4.98 Å². The highest BCUT2D eigenvalue weighted by atomic mass is 35.5. The van der Waals surface area contributed by atoms with Gasteiger partial charge in [-0.3, -0.25) is 0 Å². The number of halogens is 1. The van der Waals surface area contributed by atoms with Gasteiger partial charge in [0.2, 0.25) is 0 Å². The molecular formula is C17H25ClN2O. The molecule has 21 heavy (non-hydrogen) atoms. The van der Waals surface area contributed by atoms with Gasteiger partial charge in [-0.15, -0.1) is 11.6 Å². The van der Waals surface area contributed by atoms with Crippen LogP contribution in [0.2, 0.25) is 0 Å². The minimum absolute atomic E-state index is 0.161. The fraction of sp³-hybridized carbons (Fsp3) is 0.588. The van der Waals surface area contributed by atoms with Crippen molar-refractivity contribution in [3.63, 3.8) is 0 Å². The number of ether oxygens (including phenoxy) is 1. The molecule has 1 aromatic carbocycles. The molecule has 116 valence electrons. The molecule has 0 atom stereocenters. The Morgan fingerprint density at radius 3 is 2.76 bits per heavy atom. The van der Waals surface area contributed by atoms with E-state index in [0.29, 0.717) is 5.88 Å². The maximum absolute atomic E-state index is 5.95. The van der Waals surface area contributed by atoms with E-state index in [1.54, 1.807) is 7.11 Å². The molecule has 4 heteroatoms. The largest absolute Gasteiger partial charge is 0.385 e. The maximum Gasteiger partial charge on any atom is 0.111 e. The first kappa shape index (κ1) is 16.3. The van der Waals surface area contributed by atoms with Crippen LogP contribution in [0.4, 0.5) is 0 Å². The number of methoxy groups -OCH3 is 1. The second kappa shape index (κ2) is 6.80. The lowest BCUT2D eigenvalue weighted by molar-refractivity contribution is 0.142. The van der Waals surface area contributed by atoms with Crippen LogP contribution in [0, 0.1) is 12.3 Å². The summed E-state index contributed by atoms with van der Waals surface area (Å²) >= 11 is 5.95. The molecule has 0 spiro atoms. The summed E-state index contributed by atoms with van der Waals surface area (Å²) in [4.78, 5) is 4.76. The van der Waals surface area contributed by atoms with E-state index >= 15 is 0 Å². The van der Waals surface area contributed by atoms with Crippen molar-refractivity contribution in [1.82, 2.24) is 9.55 Å². The van der Waals surface area contributed by atoms with Crippen LogP contribution in [-0.4, -0.2) is 29.1 Å². The molecule has 1 heterocycles. The van der Waals surface area contributed by atoms with Crippen LogP contribution in [0.25, 0.3) is 11.0 Å². The topological polar surface area (TPSA) is 27.1 Å². The quantitative estimate of drug-likeness (QED) is 0.717. The first-order valence-corrected chi connectivity index (χ1v) is 8.01. The van der Waals surface area contributed by atoms with E-state index in [2.05, 4.69) is 43.5 Å². The van der Waals surface area contributed by atoms with Crippen molar-refractivity contribution in [2.24, 2.45) is 5.41 Å². The number of fused-ring (bicyclic) bond motifs is 1. The average Bonchev–Trinajstić information content (AvgIpc) is 2.74. The Morgan fingerprint density at radius 2 is 2.10 bits per heavy atom. The minimum atomic E-state index is 0.161. The molecule has 0 saturated carbocycles. The Hall–Kier alpha value is -1.06. The van der Waals surface area contributed by atoms with E-state index in [-0.39, 0.29) is 5.41 Å². The number of hydrogen-bond donors (Lipinski definition) is 0. The zero-order chi connectivity index (χ0) is 15.5. The predicted molar refractivity (Wildman–Crippen MR) is 89.2 cm³/mol. The number of alkyl halides is 1. The summed E-state index contributed by atoms with van der Waals surface area (Å²) in [6.07, 6.45) is 1.82. The Balaban J connectivity index is 2.39. The van der Waals surface area contributed by atoms with E-state index in [1.165, 1.54) is 11.1 Å². The summed E-state index contributed by atoms with van der Waals surface area (Å²) in [5.74, 6) is 1.68. The SMILES string of the molecule is COCCC(C)(C)Cn1c(CCCl)nc2ccc(C)cc21. The lowest BCUT2D eigenvalue weighted by Gasteiger charge is -2.26. The third-order valence-corrected chi connectivity index (χ3v) is 4.06. The van der Waals surface area contributed by atoms with Crippen LogP contribution in [0.15, 0.2) is 18.2 Å². The Kier molecular flexibility index (Phi) is 5.28. The maximum atomic E-state index is 5.95. The van der Waals surface area contributed by atoms with E-state index in [1.807, 2.05) is 0 Å². The number of hydrogen-bond acceptors (Lipinski definition) is 2. The highest BCUT2D eigenvalue weighted by Gasteiger charge is 2.21. The zero-order valence-corrected chi connectivity index (χ0v) is 14.2. The molecule has 0 amide bonds. The summed E-state index contributed by atoms with van der Waals surface area (Å²) < 4.78 is 7.57. The molecule has 0 bridgehead atoms. The molecular weight excluding hydrogens is 284 g/mol. The number of aromatic nitrogens is 2. The molecule has 2 rings (SSSR count). The number of nitrogens with zero attached hydrogens (tertiary/aromatic N) is 2. The van der Waals surface area contributed by atoms with Gasteiger partial charge in [0, 0.05) is 32.6 Å². The molecule has 0 saturated heterocycles. The second-order valence-corrected chi connectivity index (χ2v) is 6.83. The molecule has 2 aromatic rings. The van der Waals surface area contributed by atoms with Crippen molar-refractivity contribution in [2.75, 3.05) is 19.6 Å². The van der Waals surface area contributed by atoms with Crippen LogP contribution in [0.1, 0.15) is 31.7 Å². The molecule has 0 aliphatic rings. The highest BCUT2D eigenvalue weighted by molar-refractivity contribution is 6.17. The standard InChI is InChI=1S/C17H25ClN2O/c1-13-5-6-14-15(11-13)20(16(19-14)7-9-18)12-17(2,3)8-10-21-4/h5-6,11H,7-10,12H2,1-4H3. The normalized spacial score (nSPS) is 12.2. The number of benzene rings is 1. The monoisotopic (exact) mass is 308 g/mol. The van der Waals surface area contributed by atoms with Gasteiger partial charge >= 0.3 is 0 Å². The van der Waals surface area contributed by atoms with E-state index in [4.69, 9.17) is 21.3 Å². The number of aryl methyl sites for hydroxylation is 2. The molecule has 0 unspecified atom stereocenters. The van der Waals surface area contributed by atoms with Gasteiger partial charge in [-0.05, 0) is 36.5 Å². The van der Waals surface area contributed by atoms with Crippen LogP contribution in [0.5, 0.6) is 0 Å². The first-order chi connectivity index (χ1) is 9.96. The summed E-state index contributed by atoms with van der Waals surface area (Å²) in [6.45, 7) is 8.39. The minimum Gasteiger partial charge on any atom is -0.385 e. The fourth-order valence-corrected chi connectivity index (χ4v) is 2.79. The van der Waals surface area contributed by atoms with Gasteiger partial charge < -0.3 is 9.30 Å². The molecule has 0 aliphatic carbocycles. The molecule has 0 radical (unpaired) electrons. The Labute approximate surface area is 132 Å². The number of imidazole rings is 1. The van der Waals surface area contributed by atoms with Crippen molar-refractivity contribution in [1.29, 1.82) is 0 Å². The van der Waals surface area contributed by atoms with Gasteiger partial charge in [0.1, 0.15) is 5.82 Å². The van der Waals surface area contributed by atoms with E-state index in [9.17, 15) is 0 Å². The van der Waals surface area contributed by atoms with Crippen molar-refractivity contribution < 1.29 is 4.74 Å². The zero-order valence-electron chi connectivity index (χ0n) is 13.4. The van der Waals surface area contributed by atoms with Gasteiger partial charge in [-0.2, -0.15) is 0 Å². The van der Waals surface area contributed by atoms with E-state index < -0.39 is 0 Å². The Bertz CT molecular complexity index is 604. The van der Waals surface area contributed by atoms with Gasteiger partial charge in [-0.1, -0.05) is 19.9 Å². The van der Waals surface area contributed by atoms with Crippen molar-refractivity contribution in [3.8, 4) is 0 Å². The summed E-state index contributed by atoms with van der Waals surface area (Å²) in [5, 5.41) is 0. The van der Waals surface area contributed by atoms with Crippen LogP contribution < -0.4 is 0 Å². The molecule has 0 N–H and O–H groups in total. The van der Waals surface area contributed by atoms with Gasteiger partial charge in [0.25, 0.3) is 0 Å². The molecule has 0 fully saturated rings. The average molecular weight is 309 g/mol. The van der Waals surface area contributed by atoms with Gasteiger partial charge in [0.15, 0.2) is 0 Å². The van der Waals surface area contributed by atoms with Crippen molar-refractivity contribution in [3.05, 3.63) is 29.6 Å². The molecule has 1 aromatic heterocycles. The Morgan fingerprint density at radius 1 is 1.33 bits per heavy atom. The van der Waals surface area contributed by atoms with Crippen LogP contribution in [-0.2, 0) is 17.7 Å². The lowest BCUT2D eigenvalue weighted by Crippen LogP contribution is -2.23. The molecule has 3 nitrogen and oxygen atoms in total. The van der Waals surface area contributed by atoms with Gasteiger partial charge in [0.05, 0.1) is 11.0 Å². The fourth-order valence-electron chi connectivity index (χ4n) is 2.62. The van der Waals surface area contributed by atoms with E-state index in [0.717, 1.165) is 37.3 Å². The predicted octanol–water partition coefficient (Wildman–Crippen LogP) is 4.19. The first-order valence-electron chi connectivity index (χ1n) is 7.47. The summed E-state index contributed by atoms with van der Waals surface area (Å²) in [5.41, 5.74) is 3.69. The van der Waals surface area contributed by atoms with Crippen LogP contribution >= 0.6 is 11.6 Å². The smallest absolute Gasteiger partial charge is 0.111 e. The van der Waals surface area contributed by atoms with Crippen LogP contribution in [0.3, 0.4) is 0 Å². The van der Waals surface area contributed by atoms with Crippen molar-refractivity contribution in [2.45, 2.75) is 40.2 Å². The lowest BCUT2D eigenvalue weighted by atomic mass is 9.89. The third-order valence-electron chi connectivity index (χ3n) is 3.87. The third kappa shape index (κ3) is 3.98. The highest BCUT2D eigenvalue weighted by Crippen LogP contribution is 2.27. The molecule has 0 aliphatic heterocycles. The second-order valence-electron chi connectivity index (χ2n) is 6.45. The summed E-state index contributed by atoms with van der Waals surface area (Å²) in [7, 11) is 1.75. The summed E-state index contributed by atoms with van der Waals surface area (Å²) in [6, 6.07) is 6.42. The van der Waals surface area contributed by atoms with Crippen molar-refractivity contribution >= 4 is 22.6 Å². The number of rotatable bonds is 7.